The molecule has 0 saturated heterocycles. The van der Waals surface area contributed by atoms with E-state index in [2.05, 4.69) is 15.5 Å². The lowest BCUT2D eigenvalue weighted by atomic mass is 10.1. The first-order chi connectivity index (χ1) is 13.6. The molecule has 9 nitrogen and oxygen atoms in total. The molecule has 1 aliphatic rings. The van der Waals surface area contributed by atoms with E-state index in [-0.39, 0.29) is 31.5 Å². The number of nitrogens with one attached hydrogen (secondary N) is 1. The van der Waals surface area contributed by atoms with Gasteiger partial charge < -0.3 is 18.9 Å². The number of amides is 1. The molecule has 0 atom stereocenters. The van der Waals surface area contributed by atoms with Gasteiger partial charge in [0.25, 0.3) is 5.91 Å². The smallest absolute Gasteiger partial charge is 0.278 e. The summed E-state index contributed by atoms with van der Waals surface area (Å²) in [6.07, 6.45) is 1.47. The van der Waals surface area contributed by atoms with Crippen LogP contribution in [0, 0.1) is 18.3 Å². The number of rotatable bonds is 7. The summed E-state index contributed by atoms with van der Waals surface area (Å²) in [5.74, 6) is 0.892. The van der Waals surface area contributed by atoms with Crippen LogP contribution in [-0.2, 0) is 16.1 Å². The van der Waals surface area contributed by atoms with Gasteiger partial charge in [0, 0.05) is 18.4 Å². The van der Waals surface area contributed by atoms with E-state index in [1.54, 1.807) is 31.2 Å². The van der Waals surface area contributed by atoms with Crippen molar-refractivity contribution in [1.29, 1.82) is 5.26 Å². The highest BCUT2D eigenvalue weighted by Gasteiger charge is 2.14. The van der Waals surface area contributed by atoms with Gasteiger partial charge in [0.2, 0.25) is 12.7 Å². The number of hydrogen-bond donors (Lipinski definition) is 1. The summed E-state index contributed by atoms with van der Waals surface area (Å²) in [6, 6.07) is 9.07. The summed E-state index contributed by atoms with van der Waals surface area (Å²) in [5, 5.41) is 13.2. The van der Waals surface area contributed by atoms with Crippen molar-refractivity contribution in [2.24, 2.45) is 5.10 Å². The zero-order valence-corrected chi connectivity index (χ0v) is 15.4. The molecular weight excluding hydrogens is 364 g/mol. The lowest BCUT2D eigenvalue weighted by molar-refractivity contribution is -0.123. The number of benzene rings is 1. The highest BCUT2D eigenvalue weighted by atomic mass is 16.7. The van der Waals surface area contributed by atoms with E-state index < -0.39 is 5.91 Å². The monoisotopic (exact) mass is 382 g/mol. The molecule has 1 aromatic heterocycles. The number of fused-ring (bicyclic) bond motifs is 1. The van der Waals surface area contributed by atoms with Crippen LogP contribution >= 0.6 is 0 Å². The van der Waals surface area contributed by atoms with Crippen LogP contribution < -0.4 is 19.6 Å². The fourth-order valence-corrected chi connectivity index (χ4v) is 2.54. The minimum Gasteiger partial charge on any atom is -0.467 e. The van der Waals surface area contributed by atoms with Gasteiger partial charge in [-0.3, -0.25) is 4.79 Å². The number of nitriles is 1. The Kier molecular flexibility index (Phi) is 6.04. The summed E-state index contributed by atoms with van der Waals surface area (Å²) in [6.45, 7) is 1.86. The number of ether oxygens (including phenoxy) is 4. The Bertz CT molecular complexity index is 952. The van der Waals surface area contributed by atoms with Gasteiger partial charge in [-0.05, 0) is 36.8 Å². The number of pyridine rings is 1. The van der Waals surface area contributed by atoms with Gasteiger partial charge in [0.1, 0.15) is 11.6 Å². The SMILES string of the molecule is COCc1cc(C)nc(OCC(=O)N/N=C\c2ccc3c(c2)OCO3)c1C#N. The zero-order chi connectivity index (χ0) is 19.9. The van der Waals surface area contributed by atoms with E-state index in [0.717, 1.165) is 5.56 Å². The van der Waals surface area contributed by atoms with Gasteiger partial charge in [0.05, 0.1) is 12.8 Å². The molecule has 0 aliphatic carbocycles. The first-order valence-electron chi connectivity index (χ1n) is 8.34. The maximum atomic E-state index is 12.0. The average Bonchev–Trinajstić information content (AvgIpc) is 3.14. The highest BCUT2D eigenvalue weighted by molar-refractivity contribution is 5.83. The van der Waals surface area contributed by atoms with E-state index in [4.69, 9.17) is 18.9 Å². The number of hydrogen-bond acceptors (Lipinski definition) is 8. The van der Waals surface area contributed by atoms with Crippen LogP contribution in [0.25, 0.3) is 0 Å². The molecule has 1 aromatic carbocycles. The molecule has 0 fully saturated rings. The second kappa shape index (κ2) is 8.83. The number of carbonyl (C=O) groups is 1. The van der Waals surface area contributed by atoms with Gasteiger partial charge in [-0.15, -0.1) is 0 Å². The van der Waals surface area contributed by atoms with Gasteiger partial charge in [-0.1, -0.05) is 0 Å². The van der Waals surface area contributed by atoms with Crippen LogP contribution in [-0.4, -0.2) is 37.6 Å². The highest BCUT2D eigenvalue weighted by Crippen LogP contribution is 2.31. The summed E-state index contributed by atoms with van der Waals surface area (Å²) >= 11 is 0. The van der Waals surface area contributed by atoms with Crippen LogP contribution in [0.15, 0.2) is 29.4 Å². The lowest BCUT2D eigenvalue weighted by Crippen LogP contribution is -2.25. The molecule has 0 unspecified atom stereocenters. The molecule has 9 heteroatoms. The molecule has 3 rings (SSSR count). The van der Waals surface area contributed by atoms with Crippen molar-refractivity contribution in [3.05, 3.63) is 46.6 Å². The predicted molar refractivity (Wildman–Crippen MR) is 98.2 cm³/mol. The van der Waals surface area contributed by atoms with Crippen molar-refractivity contribution < 1.29 is 23.7 Å². The van der Waals surface area contributed by atoms with Crippen molar-refractivity contribution >= 4 is 12.1 Å². The Labute approximate surface area is 161 Å². The molecule has 0 radical (unpaired) electrons. The van der Waals surface area contributed by atoms with E-state index in [1.807, 2.05) is 6.07 Å². The van der Waals surface area contributed by atoms with Crippen molar-refractivity contribution in [3.63, 3.8) is 0 Å². The topological polar surface area (TPSA) is 115 Å². The molecular formula is C19H18N4O5. The molecule has 1 N–H and O–H groups in total. The average molecular weight is 382 g/mol. The first kappa shape index (κ1) is 19.1. The van der Waals surface area contributed by atoms with Crippen LogP contribution in [0.4, 0.5) is 0 Å². The lowest BCUT2D eigenvalue weighted by Gasteiger charge is -2.10. The maximum Gasteiger partial charge on any atom is 0.278 e. The molecule has 1 amide bonds. The van der Waals surface area contributed by atoms with Crippen molar-refractivity contribution in [1.82, 2.24) is 10.4 Å². The van der Waals surface area contributed by atoms with E-state index in [0.29, 0.717) is 22.8 Å². The molecule has 0 spiro atoms. The minimum atomic E-state index is -0.488. The van der Waals surface area contributed by atoms with Crippen LogP contribution in [0.1, 0.15) is 22.4 Å². The quantitative estimate of drug-likeness (QED) is 0.572. The fourth-order valence-electron chi connectivity index (χ4n) is 2.54. The van der Waals surface area contributed by atoms with Gasteiger partial charge in [-0.2, -0.15) is 10.4 Å². The molecule has 144 valence electrons. The summed E-state index contributed by atoms with van der Waals surface area (Å²) in [5.41, 5.74) is 4.64. The number of nitrogens with zero attached hydrogens (tertiary/aromatic N) is 3. The molecule has 0 bridgehead atoms. The van der Waals surface area contributed by atoms with Crippen LogP contribution in [0.2, 0.25) is 0 Å². The second-order valence-electron chi connectivity index (χ2n) is 5.84. The maximum absolute atomic E-state index is 12.0. The molecule has 28 heavy (non-hydrogen) atoms. The Morgan fingerprint density at radius 3 is 3.00 bits per heavy atom. The fraction of sp³-hybridized carbons (Fsp3) is 0.263. The number of aryl methyl sites for hydroxylation is 1. The Morgan fingerprint density at radius 2 is 2.21 bits per heavy atom. The molecule has 2 heterocycles. The zero-order valence-electron chi connectivity index (χ0n) is 15.4. The van der Waals surface area contributed by atoms with Gasteiger partial charge in [0.15, 0.2) is 18.1 Å². The third kappa shape index (κ3) is 4.55. The third-order valence-corrected chi connectivity index (χ3v) is 3.75. The Hall–Kier alpha value is -3.64. The van der Waals surface area contributed by atoms with Crippen molar-refractivity contribution in [2.45, 2.75) is 13.5 Å². The summed E-state index contributed by atoms with van der Waals surface area (Å²) < 4.78 is 21.0. The number of aromatic nitrogens is 1. The largest absolute Gasteiger partial charge is 0.467 e. The minimum absolute atomic E-state index is 0.0875. The number of carbonyl (C=O) groups excluding carboxylic acids is 1. The summed E-state index contributed by atoms with van der Waals surface area (Å²) in [7, 11) is 1.53. The predicted octanol–water partition coefficient (Wildman–Crippen LogP) is 1.67. The number of hydrazone groups is 1. The van der Waals surface area contributed by atoms with Crippen molar-refractivity contribution in [3.8, 4) is 23.4 Å². The van der Waals surface area contributed by atoms with E-state index in [1.165, 1.54) is 13.3 Å². The number of methoxy groups -OCH3 is 1. The molecule has 1 aliphatic heterocycles. The van der Waals surface area contributed by atoms with Crippen LogP contribution in [0.5, 0.6) is 17.4 Å². The van der Waals surface area contributed by atoms with Crippen molar-refractivity contribution in [2.75, 3.05) is 20.5 Å². The van der Waals surface area contributed by atoms with Gasteiger partial charge in [-0.25, -0.2) is 10.4 Å². The van der Waals surface area contributed by atoms with Crippen LogP contribution in [0.3, 0.4) is 0 Å². The normalized spacial score (nSPS) is 12.0. The van der Waals surface area contributed by atoms with E-state index in [9.17, 15) is 10.1 Å². The molecule has 2 aromatic rings. The Morgan fingerprint density at radius 1 is 1.39 bits per heavy atom. The first-order valence-corrected chi connectivity index (χ1v) is 8.34. The Balaban J connectivity index is 1.58. The second-order valence-corrected chi connectivity index (χ2v) is 5.84. The third-order valence-electron chi connectivity index (χ3n) is 3.75. The van der Waals surface area contributed by atoms with E-state index >= 15 is 0 Å². The van der Waals surface area contributed by atoms with Gasteiger partial charge >= 0.3 is 0 Å². The molecule has 0 saturated carbocycles. The summed E-state index contributed by atoms with van der Waals surface area (Å²) in [4.78, 5) is 16.1. The standard InChI is InChI=1S/C19H18N4O5/c1-12-5-14(9-25-2)15(7-20)19(22-12)26-10-18(24)23-21-8-13-3-4-16-17(6-13)28-11-27-16/h3-6,8H,9-11H2,1-2H3,(H,23,24)/b21-8-.